The molecule has 0 saturated carbocycles. The van der Waals surface area contributed by atoms with Crippen molar-refractivity contribution < 1.29 is 13.9 Å². The van der Waals surface area contributed by atoms with E-state index in [2.05, 4.69) is 6.07 Å². The van der Waals surface area contributed by atoms with E-state index < -0.39 is 5.82 Å². The lowest BCUT2D eigenvalue weighted by Crippen LogP contribution is -2.05. The molecule has 4 nitrogen and oxygen atoms in total. The monoisotopic (exact) mass is 382 g/mol. The summed E-state index contributed by atoms with van der Waals surface area (Å²) >= 11 is 0. The van der Waals surface area contributed by atoms with Gasteiger partial charge in [-0.3, -0.25) is 9.36 Å². The molecular weight excluding hydrogens is 367 g/mol. The number of carbonyl (C=O) groups excluding carboxylic acids is 1. The third-order valence-electron chi connectivity index (χ3n) is 4.42. The molecule has 4 rings (SSSR count). The number of nitrogens with zero attached hydrogens (tertiary/aromatic N) is 2. The Morgan fingerprint density at radius 3 is 2.55 bits per heavy atom. The summed E-state index contributed by atoms with van der Waals surface area (Å²) in [5.41, 5.74) is 1.60. The number of carbonyl (C=O) groups is 1. The Labute approximate surface area is 166 Å². The van der Waals surface area contributed by atoms with Gasteiger partial charge in [-0.05, 0) is 42.0 Å². The van der Waals surface area contributed by atoms with E-state index in [0.717, 1.165) is 0 Å². The predicted octanol–water partition coefficient (Wildman–Crippen LogP) is 5.80. The first kappa shape index (κ1) is 18.2. The third kappa shape index (κ3) is 3.78. The molecule has 0 N–H and O–H groups in total. The fraction of sp³-hybridized carbons (Fsp3) is 0. The number of fused-ring (bicyclic) bond motifs is 1. The number of hydrogen-bond acceptors (Lipinski definition) is 3. The number of ether oxygens (including phenoxy) is 1. The highest BCUT2D eigenvalue weighted by molar-refractivity contribution is 6.02. The molecule has 0 aliphatic rings. The number of aromatic nitrogens is 1. The summed E-state index contributed by atoms with van der Waals surface area (Å²) in [6.45, 7) is 0. The summed E-state index contributed by atoms with van der Waals surface area (Å²) in [5, 5.41) is 9.97. The van der Waals surface area contributed by atoms with Crippen molar-refractivity contribution in [2.24, 2.45) is 0 Å². The van der Waals surface area contributed by atoms with Gasteiger partial charge in [0, 0.05) is 17.7 Å². The lowest BCUT2D eigenvalue weighted by molar-refractivity contribution is 0.0974. The van der Waals surface area contributed by atoms with Crippen molar-refractivity contribution in [1.29, 1.82) is 5.26 Å². The van der Waals surface area contributed by atoms with Gasteiger partial charge in [0.2, 0.25) is 0 Å². The lowest BCUT2D eigenvalue weighted by atomic mass is 10.2. The van der Waals surface area contributed by atoms with E-state index in [1.54, 1.807) is 48.5 Å². The topological polar surface area (TPSA) is 55.0 Å². The van der Waals surface area contributed by atoms with E-state index in [0.29, 0.717) is 27.8 Å². The minimum absolute atomic E-state index is 0.106. The van der Waals surface area contributed by atoms with E-state index in [-0.39, 0.29) is 11.7 Å². The first-order chi connectivity index (χ1) is 14.2. The van der Waals surface area contributed by atoms with Gasteiger partial charge in [-0.2, -0.15) is 5.26 Å². The molecule has 5 heteroatoms. The summed E-state index contributed by atoms with van der Waals surface area (Å²) in [5.74, 6) is -0.207. The van der Waals surface area contributed by atoms with Gasteiger partial charge >= 0.3 is 0 Å². The number of rotatable bonds is 4. The first-order valence-electron chi connectivity index (χ1n) is 8.91. The van der Waals surface area contributed by atoms with Crippen LogP contribution >= 0.6 is 0 Å². The van der Waals surface area contributed by atoms with Crippen LogP contribution in [0.2, 0.25) is 0 Å². The number of halogens is 1. The van der Waals surface area contributed by atoms with Crippen LogP contribution in [0.3, 0.4) is 0 Å². The van der Waals surface area contributed by atoms with Gasteiger partial charge in [-0.15, -0.1) is 0 Å². The molecule has 0 amide bonds. The smallest absolute Gasteiger partial charge is 0.255 e. The van der Waals surface area contributed by atoms with Crippen LogP contribution < -0.4 is 4.74 Å². The maximum absolute atomic E-state index is 14.4. The average molecular weight is 382 g/mol. The molecule has 1 aromatic heterocycles. The van der Waals surface area contributed by atoms with E-state index in [1.165, 1.54) is 35.0 Å². The van der Waals surface area contributed by atoms with E-state index in [9.17, 15) is 14.4 Å². The van der Waals surface area contributed by atoms with Gasteiger partial charge in [0.1, 0.15) is 11.8 Å². The minimum atomic E-state index is -0.526. The summed E-state index contributed by atoms with van der Waals surface area (Å²) in [6, 6.07) is 22.7. The quantitative estimate of drug-likeness (QED) is 0.419. The van der Waals surface area contributed by atoms with Crippen molar-refractivity contribution in [1.82, 2.24) is 4.57 Å². The van der Waals surface area contributed by atoms with Crippen molar-refractivity contribution in [3.8, 4) is 17.6 Å². The molecule has 0 saturated heterocycles. The highest BCUT2D eigenvalue weighted by atomic mass is 19.1. The zero-order valence-electron chi connectivity index (χ0n) is 15.2. The second kappa shape index (κ2) is 7.83. The fourth-order valence-corrected chi connectivity index (χ4v) is 3.02. The predicted molar refractivity (Wildman–Crippen MR) is 109 cm³/mol. The van der Waals surface area contributed by atoms with Crippen LogP contribution in [0.4, 0.5) is 4.39 Å². The Hall–Kier alpha value is -4.17. The van der Waals surface area contributed by atoms with Crippen LogP contribution in [0.25, 0.3) is 17.0 Å². The van der Waals surface area contributed by atoms with Gasteiger partial charge in [0.15, 0.2) is 11.6 Å². The molecule has 4 aromatic rings. The van der Waals surface area contributed by atoms with Crippen LogP contribution in [-0.4, -0.2) is 10.5 Å². The van der Waals surface area contributed by atoms with Gasteiger partial charge in [-0.1, -0.05) is 42.5 Å². The van der Waals surface area contributed by atoms with Crippen molar-refractivity contribution in [2.75, 3.05) is 0 Å². The van der Waals surface area contributed by atoms with Crippen molar-refractivity contribution in [3.05, 3.63) is 102 Å². The SMILES string of the molecule is N#Cc1cn(C(=O)/C=C/c2ccc(Oc3ccccc3)c(F)c2)c2ccccc12. The second-order valence-electron chi connectivity index (χ2n) is 6.32. The normalized spacial score (nSPS) is 10.9. The van der Waals surface area contributed by atoms with E-state index in [1.807, 2.05) is 12.1 Å². The average Bonchev–Trinajstić information content (AvgIpc) is 3.13. The van der Waals surface area contributed by atoms with Crippen LogP contribution in [-0.2, 0) is 0 Å². The second-order valence-corrected chi connectivity index (χ2v) is 6.32. The molecule has 0 radical (unpaired) electrons. The molecule has 0 unspecified atom stereocenters. The maximum atomic E-state index is 14.4. The van der Waals surface area contributed by atoms with Gasteiger partial charge in [0.05, 0.1) is 11.1 Å². The summed E-state index contributed by atoms with van der Waals surface area (Å²) in [4.78, 5) is 12.6. The minimum Gasteiger partial charge on any atom is -0.454 e. The highest BCUT2D eigenvalue weighted by Crippen LogP contribution is 2.25. The molecule has 0 aliphatic carbocycles. The molecule has 140 valence electrons. The summed E-state index contributed by atoms with van der Waals surface area (Å²) < 4.78 is 21.3. The highest BCUT2D eigenvalue weighted by Gasteiger charge is 2.11. The maximum Gasteiger partial charge on any atom is 0.255 e. The lowest BCUT2D eigenvalue weighted by Gasteiger charge is -2.07. The number of allylic oxidation sites excluding steroid dienone is 1. The molecule has 1 heterocycles. The first-order valence-corrected chi connectivity index (χ1v) is 8.91. The molecule has 0 spiro atoms. The van der Waals surface area contributed by atoms with Gasteiger partial charge in [0.25, 0.3) is 5.91 Å². The molecule has 3 aromatic carbocycles. The molecule has 29 heavy (non-hydrogen) atoms. The number of nitriles is 1. The van der Waals surface area contributed by atoms with E-state index >= 15 is 0 Å². The molecule has 0 aliphatic heterocycles. The van der Waals surface area contributed by atoms with Crippen LogP contribution in [0, 0.1) is 17.1 Å². The zero-order chi connectivity index (χ0) is 20.2. The Morgan fingerprint density at radius 1 is 1.03 bits per heavy atom. The largest absolute Gasteiger partial charge is 0.454 e. The van der Waals surface area contributed by atoms with Crippen LogP contribution in [0.15, 0.2) is 85.1 Å². The standard InChI is InChI=1S/C24H15FN2O2/c25-21-14-17(10-12-23(21)29-19-6-2-1-3-7-19)11-13-24(28)27-16-18(15-26)20-8-4-5-9-22(20)27/h1-14,16H/b13-11+. The number of benzene rings is 3. The van der Waals surface area contributed by atoms with Crippen LogP contribution in [0.1, 0.15) is 15.9 Å². The number of para-hydroxylation sites is 2. The van der Waals surface area contributed by atoms with E-state index in [4.69, 9.17) is 4.74 Å². The Morgan fingerprint density at radius 2 is 1.79 bits per heavy atom. The summed E-state index contributed by atoms with van der Waals surface area (Å²) in [6.07, 6.45) is 4.38. The van der Waals surface area contributed by atoms with Crippen LogP contribution in [0.5, 0.6) is 11.5 Å². The third-order valence-corrected chi connectivity index (χ3v) is 4.42. The Balaban J connectivity index is 1.56. The zero-order valence-corrected chi connectivity index (χ0v) is 15.2. The molecule has 0 bridgehead atoms. The van der Waals surface area contributed by atoms with Crippen molar-refractivity contribution >= 4 is 22.9 Å². The van der Waals surface area contributed by atoms with Gasteiger partial charge in [-0.25, -0.2) is 4.39 Å². The Bertz CT molecular complexity index is 1270. The van der Waals surface area contributed by atoms with Crippen molar-refractivity contribution in [3.63, 3.8) is 0 Å². The van der Waals surface area contributed by atoms with Crippen molar-refractivity contribution in [2.45, 2.75) is 0 Å². The number of hydrogen-bond donors (Lipinski definition) is 0. The molecule has 0 atom stereocenters. The Kier molecular flexibility index (Phi) is 4.91. The molecular formula is C24H15FN2O2. The molecule has 0 fully saturated rings. The summed E-state index contributed by atoms with van der Waals surface area (Å²) in [7, 11) is 0. The fourth-order valence-electron chi connectivity index (χ4n) is 3.02. The van der Waals surface area contributed by atoms with Gasteiger partial charge < -0.3 is 4.74 Å².